The van der Waals surface area contributed by atoms with Crippen LogP contribution in [0.25, 0.3) is 0 Å². The van der Waals surface area contributed by atoms with Crippen molar-refractivity contribution in [1.82, 2.24) is 0 Å². The van der Waals surface area contributed by atoms with Gasteiger partial charge in [0.25, 0.3) is 0 Å². The summed E-state index contributed by atoms with van der Waals surface area (Å²) in [5, 5.41) is 1.19. The van der Waals surface area contributed by atoms with Gasteiger partial charge in [-0.25, -0.2) is 0 Å². The number of hydrogen-bond donors (Lipinski definition) is 0. The number of unbranched alkanes of at least 4 members (excludes halogenated alkanes) is 2. The SMILES string of the molecule is CCCCC[P](=O)c1ccccc1C(=O)c1c(Cl)cccc1Cl. The molecule has 0 bridgehead atoms. The molecule has 0 aliphatic rings. The summed E-state index contributed by atoms with van der Waals surface area (Å²) in [4.78, 5) is 12.8. The average Bonchev–Trinajstić information content (AvgIpc) is 2.54. The molecule has 1 radical (unpaired) electrons. The zero-order valence-corrected chi connectivity index (χ0v) is 15.3. The summed E-state index contributed by atoms with van der Waals surface area (Å²) >= 11 is 12.3. The summed E-state index contributed by atoms with van der Waals surface area (Å²) in [5.74, 6) is -0.282. The lowest BCUT2D eigenvalue weighted by molar-refractivity contribution is 0.104. The van der Waals surface area contributed by atoms with Crippen molar-refractivity contribution in [3.63, 3.8) is 0 Å². The molecule has 2 nitrogen and oxygen atoms in total. The van der Waals surface area contributed by atoms with Gasteiger partial charge < -0.3 is 0 Å². The third-order valence-corrected chi connectivity index (χ3v) is 5.85. The average molecular weight is 368 g/mol. The number of hydrogen-bond acceptors (Lipinski definition) is 2. The molecule has 2 rings (SSSR count). The van der Waals surface area contributed by atoms with E-state index in [1.165, 1.54) is 0 Å². The minimum absolute atomic E-state index is 0.264. The Labute approximate surface area is 147 Å². The first-order valence-corrected chi connectivity index (χ1v) is 9.78. The van der Waals surface area contributed by atoms with Crippen LogP contribution >= 0.6 is 31.0 Å². The molecule has 0 heterocycles. The summed E-state index contributed by atoms with van der Waals surface area (Å²) in [7, 11) is -1.61. The molecule has 121 valence electrons. The summed E-state index contributed by atoms with van der Waals surface area (Å²) in [6, 6.07) is 11.9. The van der Waals surface area contributed by atoms with Gasteiger partial charge in [0.05, 0.1) is 15.6 Å². The number of carbonyl (C=O) groups excluding carboxylic acids is 1. The van der Waals surface area contributed by atoms with Crippen molar-refractivity contribution in [2.75, 3.05) is 6.16 Å². The minimum atomic E-state index is -1.61. The van der Waals surface area contributed by atoms with Crippen LogP contribution in [0, 0.1) is 0 Å². The molecule has 0 spiro atoms. The highest BCUT2D eigenvalue weighted by Gasteiger charge is 2.21. The predicted molar refractivity (Wildman–Crippen MR) is 98.0 cm³/mol. The van der Waals surface area contributed by atoms with E-state index in [9.17, 15) is 9.36 Å². The molecule has 1 unspecified atom stereocenters. The van der Waals surface area contributed by atoms with Gasteiger partial charge in [-0.05, 0) is 30.7 Å². The zero-order chi connectivity index (χ0) is 16.8. The number of rotatable bonds is 7. The molecule has 23 heavy (non-hydrogen) atoms. The Morgan fingerprint density at radius 2 is 1.65 bits per heavy atom. The van der Waals surface area contributed by atoms with E-state index in [2.05, 4.69) is 6.92 Å². The van der Waals surface area contributed by atoms with E-state index in [0.29, 0.717) is 27.1 Å². The Kier molecular flexibility index (Phi) is 6.77. The minimum Gasteiger partial charge on any atom is -0.288 e. The van der Waals surface area contributed by atoms with Crippen molar-refractivity contribution in [3.05, 3.63) is 63.6 Å². The Morgan fingerprint density at radius 1 is 1.00 bits per heavy atom. The highest BCUT2D eigenvalue weighted by Crippen LogP contribution is 2.30. The van der Waals surface area contributed by atoms with Gasteiger partial charge in [-0.1, -0.05) is 61.2 Å². The molecular formula is C18H18Cl2O2P. The van der Waals surface area contributed by atoms with Gasteiger partial charge in [0, 0.05) is 17.0 Å². The normalized spacial score (nSPS) is 11.3. The predicted octanol–water partition coefficient (Wildman–Crippen LogP) is 5.87. The van der Waals surface area contributed by atoms with Crippen LogP contribution in [0.5, 0.6) is 0 Å². The van der Waals surface area contributed by atoms with E-state index in [1.807, 2.05) is 0 Å². The first-order valence-electron chi connectivity index (χ1n) is 7.58. The number of halogens is 2. The molecule has 0 aliphatic heterocycles. The van der Waals surface area contributed by atoms with E-state index < -0.39 is 7.80 Å². The van der Waals surface area contributed by atoms with Gasteiger partial charge in [-0.15, -0.1) is 0 Å². The van der Waals surface area contributed by atoms with E-state index >= 15 is 0 Å². The van der Waals surface area contributed by atoms with Crippen molar-refractivity contribution in [3.8, 4) is 0 Å². The van der Waals surface area contributed by atoms with Gasteiger partial charge in [0.1, 0.15) is 7.80 Å². The maximum Gasteiger partial charge on any atom is 0.197 e. The van der Waals surface area contributed by atoms with Gasteiger partial charge >= 0.3 is 0 Å². The zero-order valence-electron chi connectivity index (χ0n) is 12.9. The second kappa shape index (κ2) is 8.59. The summed E-state index contributed by atoms with van der Waals surface area (Å²) in [5.41, 5.74) is 0.681. The van der Waals surface area contributed by atoms with Crippen LogP contribution in [0.3, 0.4) is 0 Å². The highest BCUT2D eigenvalue weighted by molar-refractivity contribution is 7.53. The molecular weight excluding hydrogens is 350 g/mol. The highest BCUT2D eigenvalue weighted by atomic mass is 35.5. The van der Waals surface area contributed by atoms with E-state index in [4.69, 9.17) is 23.2 Å². The summed E-state index contributed by atoms with van der Waals surface area (Å²) in [6.07, 6.45) is 3.58. The van der Waals surface area contributed by atoms with Crippen LogP contribution in [-0.4, -0.2) is 11.9 Å². The van der Waals surface area contributed by atoms with Crippen molar-refractivity contribution >= 4 is 42.1 Å². The topological polar surface area (TPSA) is 34.1 Å². The fourth-order valence-corrected chi connectivity index (χ4v) is 4.38. The van der Waals surface area contributed by atoms with Gasteiger partial charge in [0.2, 0.25) is 0 Å². The second-order valence-corrected chi connectivity index (χ2v) is 7.75. The quantitative estimate of drug-likeness (QED) is 0.348. The Morgan fingerprint density at radius 3 is 2.30 bits per heavy atom. The summed E-state index contributed by atoms with van der Waals surface area (Å²) in [6.45, 7) is 2.10. The van der Waals surface area contributed by atoms with Gasteiger partial charge in [-0.3, -0.25) is 9.36 Å². The van der Waals surface area contributed by atoms with Crippen molar-refractivity contribution in [2.45, 2.75) is 26.2 Å². The molecule has 5 heteroatoms. The fourth-order valence-electron chi connectivity index (χ4n) is 2.36. The number of benzene rings is 2. The molecule has 2 aromatic carbocycles. The lowest BCUT2D eigenvalue weighted by atomic mass is 10.0. The van der Waals surface area contributed by atoms with Gasteiger partial charge in [-0.2, -0.15) is 0 Å². The van der Waals surface area contributed by atoms with Crippen LogP contribution in [0.1, 0.15) is 42.1 Å². The molecule has 0 amide bonds. The Bertz CT molecular complexity index is 708. The Hall–Kier alpha value is -1.21. The molecule has 1 atom stereocenters. The maximum absolute atomic E-state index is 12.8. The smallest absolute Gasteiger partial charge is 0.197 e. The van der Waals surface area contributed by atoms with Crippen molar-refractivity contribution in [2.24, 2.45) is 0 Å². The fraction of sp³-hybridized carbons (Fsp3) is 0.278. The third-order valence-electron chi connectivity index (χ3n) is 3.57. The monoisotopic (exact) mass is 367 g/mol. The molecule has 2 aromatic rings. The molecule has 0 fully saturated rings. The van der Waals surface area contributed by atoms with E-state index in [1.54, 1.807) is 42.5 Å². The number of ketones is 1. The molecule has 0 aromatic heterocycles. The maximum atomic E-state index is 12.8. The van der Waals surface area contributed by atoms with Crippen LogP contribution in [0.2, 0.25) is 10.0 Å². The Balaban J connectivity index is 2.37. The first-order chi connectivity index (χ1) is 11.1. The van der Waals surface area contributed by atoms with E-state index in [0.717, 1.165) is 19.3 Å². The molecule has 0 saturated carbocycles. The lowest BCUT2D eigenvalue weighted by Gasteiger charge is -2.10. The largest absolute Gasteiger partial charge is 0.288 e. The standard InChI is InChI=1S/C18H18Cl2O2P/c1-2-3-6-12-23(22)16-11-5-4-8-13(16)18(21)17-14(19)9-7-10-15(17)20/h4-5,7-11H,2-3,6,12H2,1H3. The van der Waals surface area contributed by atoms with Crippen molar-refractivity contribution in [1.29, 1.82) is 0 Å². The first kappa shape index (κ1) is 18.1. The molecule has 0 N–H and O–H groups in total. The molecule has 0 aliphatic carbocycles. The van der Waals surface area contributed by atoms with Crippen LogP contribution < -0.4 is 5.30 Å². The summed E-state index contributed by atoms with van der Waals surface area (Å²) < 4.78 is 12.6. The van der Waals surface area contributed by atoms with Crippen molar-refractivity contribution < 1.29 is 9.36 Å². The van der Waals surface area contributed by atoms with Gasteiger partial charge in [0.15, 0.2) is 5.78 Å². The van der Waals surface area contributed by atoms with Crippen LogP contribution in [0.4, 0.5) is 0 Å². The number of carbonyl (C=O) groups is 1. The molecule has 0 saturated heterocycles. The van der Waals surface area contributed by atoms with Crippen LogP contribution in [0.15, 0.2) is 42.5 Å². The van der Waals surface area contributed by atoms with Crippen LogP contribution in [-0.2, 0) is 4.57 Å². The lowest BCUT2D eigenvalue weighted by Crippen LogP contribution is -2.14. The van der Waals surface area contributed by atoms with E-state index in [-0.39, 0.29) is 11.3 Å². The second-order valence-electron chi connectivity index (χ2n) is 5.25. The third kappa shape index (κ3) is 4.41.